The van der Waals surface area contributed by atoms with E-state index in [1.54, 1.807) is 24.5 Å². The first kappa shape index (κ1) is 14.0. The summed E-state index contributed by atoms with van der Waals surface area (Å²) in [6.45, 7) is 1.97. The molecule has 0 saturated carbocycles. The first-order valence-electron chi connectivity index (χ1n) is 7.20. The number of fused-ring (bicyclic) bond motifs is 2. The van der Waals surface area contributed by atoms with Crippen LogP contribution in [-0.2, 0) is 6.42 Å². The van der Waals surface area contributed by atoms with E-state index in [0.717, 1.165) is 17.4 Å². The van der Waals surface area contributed by atoms with Gasteiger partial charge < -0.3 is 10.1 Å². The maximum Gasteiger partial charge on any atom is 0.259 e. The topological polar surface area (TPSA) is 79.9 Å². The summed E-state index contributed by atoms with van der Waals surface area (Å²) in [6, 6.07) is 5.20. The second-order valence-electron chi connectivity index (χ2n) is 5.52. The van der Waals surface area contributed by atoms with Crippen molar-refractivity contribution < 1.29 is 9.53 Å². The number of hydrogen-bond donors (Lipinski definition) is 2. The third-order valence-corrected chi connectivity index (χ3v) is 4.02. The summed E-state index contributed by atoms with van der Waals surface area (Å²) in [5, 5.41) is 10.9. The van der Waals surface area contributed by atoms with Crippen LogP contribution in [0.2, 0.25) is 5.02 Å². The second-order valence-corrected chi connectivity index (χ2v) is 5.96. The van der Waals surface area contributed by atoms with Crippen molar-refractivity contribution in [3.63, 3.8) is 0 Å². The van der Waals surface area contributed by atoms with Crippen molar-refractivity contribution in [1.82, 2.24) is 15.2 Å². The van der Waals surface area contributed by atoms with Crippen LogP contribution >= 0.6 is 11.6 Å². The molecule has 0 fully saturated rings. The molecule has 23 heavy (non-hydrogen) atoms. The Bertz CT molecular complexity index is 922. The number of halogens is 1. The molecular formula is C16H13ClN4O2. The van der Waals surface area contributed by atoms with Crippen molar-refractivity contribution in [2.24, 2.45) is 0 Å². The summed E-state index contributed by atoms with van der Waals surface area (Å²) in [7, 11) is 0. The molecule has 116 valence electrons. The highest BCUT2D eigenvalue weighted by Gasteiger charge is 2.26. The third kappa shape index (κ3) is 2.41. The summed E-state index contributed by atoms with van der Waals surface area (Å²) in [5.41, 5.74) is 2.64. The number of nitrogens with one attached hydrogen (secondary N) is 2. The number of aromatic amines is 1. The minimum absolute atomic E-state index is 0.0384. The van der Waals surface area contributed by atoms with Crippen LogP contribution in [0.15, 0.2) is 30.6 Å². The molecule has 0 bridgehead atoms. The molecule has 0 spiro atoms. The van der Waals surface area contributed by atoms with E-state index >= 15 is 0 Å². The monoisotopic (exact) mass is 328 g/mol. The van der Waals surface area contributed by atoms with E-state index in [1.807, 2.05) is 13.0 Å². The highest BCUT2D eigenvalue weighted by Crippen LogP contribution is 2.36. The highest BCUT2D eigenvalue weighted by molar-refractivity contribution is 6.31. The van der Waals surface area contributed by atoms with Gasteiger partial charge in [-0.15, -0.1) is 0 Å². The van der Waals surface area contributed by atoms with Crippen molar-refractivity contribution in [2.45, 2.75) is 19.4 Å². The van der Waals surface area contributed by atoms with Gasteiger partial charge in [-0.1, -0.05) is 11.6 Å². The van der Waals surface area contributed by atoms with E-state index in [-0.39, 0.29) is 12.0 Å². The van der Waals surface area contributed by atoms with Gasteiger partial charge in [0.25, 0.3) is 5.91 Å². The second kappa shape index (κ2) is 5.24. The molecule has 1 amide bonds. The summed E-state index contributed by atoms with van der Waals surface area (Å²) in [5.74, 6) is 0.337. The van der Waals surface area contributed by atoms with E-state index in [0.29, 0.717) is 27.7 Å². The first-order valence-corrected chi connectivity index (χ1v) is 7.58. The fraction of sp³-hybridized carbons (Fsp3) is 0.188. The maximum absolute atomic E-state index is 12.7. The number of benzene rings is 1. The zero-order valence-corrected chi connectivity index (χ0v) is 13.0. The molecule has 4 rings (SSSR count). The molecule has 3 aromatic rings. The van der Waals surface area contributed by atoms with Crippen LogP contribution in [0.25, 0.3) is 11.0 Å². The quantitative estimate of drug-likeness (QED) is 0.757. The van der Waals surface area contributed by atoms with Gasteiger partial charge in [0, 0.05) is 23.2 Å². The zero-order valence-electron chi connectivity index (χ0n) is 12.3. The third-order valence-electron chi connectivity index (χ3n) is 3.80. The number of aromatic nitrogens is 3. The van der Waals surface area contributed by atoms with Crippen LogP contribution in [0.3, 0.4) is 0 Å². The van der Waals surface area contributed by atoms with Gasteiger partial charge in [0.15, 0.2) is 5.65 Å². The number of nitrogens with zero attached hydrogens (tertiary/aromatic N) is 2. The smallest absolute Gasteiger partial charge is 0.259 e. The number of pyridine rings is 1. The number of rotatable bonds is 2. The number of ether oxygens (including phenoxy) is 1. The Balaban J connectivity index is 1.72. The highest BCUT2D eigenvalue weighted by atomic mass is 35.5. The van der Waals surface area contributed by atoms with Crippen LogP contribution in [0.1, 0.15) is 22.8 Å². The van der Waals surface area contributed by atoms with E-state index in [4.69, 9.17) is 16.3 Å². The van der Waals surface area contributed by atoms with Crippen LogP contribution in [0, 0.1) is 0 Å². The van der Waals surface area contributed by atoms with E-state index in [2.05, 4.69) is 20.5 Å². The van der Waals surface area contributed by atoms with Crippen molar-refractivity contribution in [2.75, 3.05) is 5.32 Å². The lowest BCUT2D eigenvalue weighted by Gasteiger charge is -2.11. The molecule has 1 aliphatic rings. The molecule has 1 aliphatic heterocycles. The van der Waals surface area contributed by atoms with Crippen LogP contribution in [-0.4, -0.2) is 27.2 Å². The van der Waals surface area contributed by atoms with E-state index < -0.39 is 0 Å². The molecule has 1 aromatic carbocycles. The van der Waals surface area contributed by atoms with Gasteiger partial charge in [-0.25, -0.2) is 4.98 Å². The van der Waals surface area contributed by atoms with E-state index in [9.17, 15) is 4.79 Å². The Labute approximate surface area is 136 Å². The average molecular weight is 329 g/mol. The number of H-pyrrole nitrogens is 1. The van der Waals surface area contributed by atoms with Gasteiger partial charge in [-0.05, 0) is 25.1 Å². The van der Waals surface area contributed by atoms with Gasteiger partial charge in [0.1, 0.15) is 11.9 Å². The first-order chi connectivity index (χ1) is 11.1. The molecule has 0 radical (unpaired) electrons. The molecule has 1 unspecified atom stereocenters. The molecular weight excluding hydrogens is 316 g/mol. The van der Waals surface area contributed by atoms with Gasteiger partial charge in [-0.2, -0.15) is 5.10 Å². The standard InChI is InChI=1S/C16H13ClN4O2/c1-8-4-9-5-10(17)6-11(14(9)23-8)16(22)20-13-2-3-18-15-12(13)7-19-21-15/h2-3,5-8H,4H2,1H3,(H2,18,19,20,21,22). The lowest BCUT2D eigenvalue weighted by atomic mass is 10.1. The Morgan fingerprint density at radius 1 is 1.48 bits per heavy atom. The fourth-order valence-electron chi connectivity index (χ4n) is 2.81. The van der Waals surface area contributed by atoms with Crippen molar-refractivity contribution in [3.8, 4) is 5.75 Å². The van der Waals surface area contributed by atoms with Gasteiger partial charge in [0.05, 0.1) is 22.8 Å². The molecule has 2 N–H and O–H groups in total. The molecule has 0 saturated heterocycles. The summed E-state index contributed by atoms with van der Waals surface area (Å²) in [4.78, 5) is 16.8. The van der Waals surface area contributed by atoms with Crippen molar-refractivity contribution >= 4 is 34.2 Å². The minimum Gasteiger partial charge on any atom is -0.489 e. The lowest BCUT2D eigenvalue weighted by Crippen LogP contribution is -2.14. The lowest BCUT2D eigenvalue weighted by molar-refractivity contribution is 0.102. The van der Waals surface area contributed by atoms with Gasteiger partial charge in [-0.3, -0.25) is 9.89 Å². The molecule has 6 nitrogen and oxygen atoms in total. The zero-order chi connectivity index (χ0) is 16.0. The van der Waals surface area contributed by atoms with Crippen LogP contribution < -0.4 is 10.1 Å². The van der Waals surface area contributed by atoms with Crippen LogP contribution in [0.5, 0.6) is 5.75 Å². The molecule has 0 aliphatic carbocycles. The number of carbonyl (C=O) groups excluding carboxylic acids is 1. The Kier molecular flexibility index (Phi) is 3.20. The summed E-state index contributed by atoms with van der Waals surface area (Å²) < 4.78 is 5.77. The largest absolute Gasteiger partial charge is 0.489 e. The SMILES string of the molecule is CC1Cc2cc(Cl)cc(C(=O)Nc3ccnc4[nH]ncc34)c2O1. The summed E-state index contributed by atoms with van der Waals surface area (Å²) >= 11 is 6.14. The van der Waals surface area contributed by atoms with Crippen molar-refractivity contribution in [3.05, 3.63) is 46.7 Å². The van der Waals surface area contributed by atoms with Gasteiger partial charge >= 0.3 is 0 Å². The molecule has 7 heteroatoms. The predicted octanol–water partition coefficient (Wildman–Crippen LogP) is 3.19. The normalized spacial score (nSPS) is 16.2. The van der Waals surface area contributed by atoms with Gasteiger partial charge in [0.2, 0.25) is 0 Å². The number of amides is 1. The number of hydrogen-bond acceptors (Lipinski definition) is 4. The molecule has 2 aromatic heterocycles. The number of carbonyl (C=O) groups is 1. The molecule has 1 atom stereocenters. The Hall–Kier alpha value is -2.60. The average Bonchev–Trinajstić information content (AvgIpc) is 3.12. The minimum atomic E-state index is -0.272. The fourth-order valence-corrected chi connectivity index (χ4v) is 3.05. The maximum atomic E-state index is 12.7. The Morgan fingerprint density at radius 2 is 2.35 bits per heavy atom. The van der Waals surface area contributed by atoms with Crippen molar-refractivity contribution in [1.29, 1.82) is 0 Å². The predicted molar refractivity (Wildman–Crippen MR) is 87.1 cm³/mol. The Morgan fingerprint density at radius 3 is 3.22 bits per heavy atom. The number of anilines is 1. The molecule has 3 heterocycles. The van der Waals surface area contributed by atoms with Crippen LogP contribution in [0.4, 0.5) is 5.69 Å². The van der Waals surface area contributed by atoms with E-state index in [1.165, 1.54) is 0 Å². The summed E-state index contributed by atoms with van der Waals surface area (Å²) in [6.07, 6.45) is 4.02.